The van der Waals surface area contributed by atoms with Crippen molar-refractivity contribution in [1.82, 2.24) is 19.4 Å². The third-order valence-corrected chi connectivity index (χ3v) is 10.7. The highest BCUT2D eigenvalue weighted by Crippen LogP contribution is 2.49. The minimum absolute atomic E-state index is 0.110. The number of nitrogens with zero attached hydrogens (tertiary/aromatic N) is 5. The number of amides is 1. The van der Waals surface area contributed by atoms with Gasteiger partial charge in [0.1, 0.15) is 17.5 Å². The van der Waals surface area contributed by atoms with Crippen LogP contribution in [0.15, 0.2) is 40.5 Å². The summed E-state index contributed by atoms with van der Waals surface area (Å²) in [6.07, 6.45) is 1.33. The van der Waals surface area contributed by atoms with Crippen molar-refractivity contribution in [3.8, 4) is 11.1 Å². The molecule has 42 heavy (non-hydrogen) atoms. The summed E-state index contributed by atoms with van der Waals surface area (Å²) in [7, 11) is 0. The smallest absolute Gasteiger partial charge is 0.349 e. The number of anilines is 1. The highest BCUT2D eigenvalue weighted by atomic mass is 35.5. The first-order valence-electron chi connectivity index (χ1n) is 14.2. The number of benzene rings is 2. The van der Waals surface area contributed by atoms with E-state index in [4.69, 9.17) is 11.6 Å². The average Bonchev–Trinajstić information content (AvgIpc) is 3.11. The van der Waals surface area contributed by atoms with Gasteiger partial charge in [0.15, 0.2) is 0 Å². The van der Waals surface area contributed by atoms with E-state index in [1.54, 1.807) is 21.2 Å². The lowest BCUT2D eigenvalue weighted by molar-refractivity contribution is -0.128. The van der Waals surface area contributed by atoms with Crippen LogP contribution < -0.4 is 10.6 Å². The molecule has 2 atom stereocenters. The molecule has 1 spiro atoms. The summed E-state index contributed by atoms with van der Waals surface area (Å²) in [5.74, 6) is -0.338. The van der Waals surface area contributed by atoms with Crippen LogP contribution in [0.5, 0.6) is 0 Å². The maximum atomic E-state index is 15.4. The lowest BCUT2D eigenvalue weighted by Crippen LogP contribution is -2.60. The minimum atomic E-state index is -0.816. The summed E-state index contributed by atoms with van der Waals surface area (Å²) in [6, 6.07) is 3.88. The first-order valence-corrected chi connectivity index (χ1v) is 15.6. The molecule has 0 bridgehead atoms. The van der Waals surface area contributed by atoms with Crippen LogP contribution in [0.4, 0.5) is 14.6 Å². The molecule has 6 rings (SSSR count). The molecule has 11 heteroatoms. The topological polar surface area (TPSA) is 61.7 Å². The second kappa shape index (κ2) is 10.6. The summed E-state index contributed by atoms with van der Waals surface area (Å²) in [4.78, 5) is 38.1. The van der Waals surface area contributed by atoms with Crippen LogP contribution in [0, 0.1) is 24.0 Å². The number of carbonyl (C=O) groups is 1. The lowest BCUT2D eigenvalue weighted by atomic mass is 9.81. The van der Waals surface area contributed by atoms with Crippen LogP contribution >= 0.6 is 23.4 Å². The Hall–Kier alpha value is -2.95. The molecule has 0 aliphatic carbocycles. The zero-order valence-corrected chi connectivity index (χ0v) is 25.8. The van der Waals surface area contributed by atoms with E-state index >= 15 is 4.39 Å². The Labute approximate surface area is 253 Å². The number of aromatic nitrogens is 2. The SMILES string of the molecule is C=CC(=O)N1C[C@H](C)N(c2nc(=O)n3c4c(c(-c5cc(Cl)c(F)cc5F)c(C)cc24)SCC2(CN(CC)C2)C3)C[C@H]1C. The van der Waals surface area contributed by atoms with Crippen LogP contribution in [0.25, 0.3) is 22.0 Å². The predicted octanol–water partition coefficient (Wildman–Crippen LogP) is 5.34. The summed E-state index contributed by atoms with van der Waals surface area (Å²) >= 11 is 7.78. The van der Waals surface area contributed by atoms with Crippen molar-refractivity contribution in [2.45, 2.75) is 51.2 Å². The number of likely N-dealkylation sites (tertiary alicyclic amines) is 1. The van der Waals surface area contributed by atoms with Crippen LogP contribution in [-0.2, 0) is 11.3 Å². The van der Waals surface area contributed by atoms with Gasteiger partial charge in [0.25, 0.3) is 0 Å². The summed E-state index contributed by atoms with van der Waals surface area (Å²) < 4.78 is 31.3. The molecule has 3 aliphatic heterocycles. The van der Waals surface area contributed by atoms with Gasteiger partial charge in [0.05, 0.1) is 10.5 Å². The molecule has 2 aromatic carbocycles. The van der Waals surface area contributed by atoms with E-state index in [1.165, 1.54) is 12.1 Å². The fraction of sp³-hybridized carbons (Fsp3) is 0.452. The van der Waals surface area contributed by atoms with E-state index in [9.17, 15) is 14.0 Å². The normalized spacial score (nSPS) is 21.9. The molecule has 1 amide bonds. The number of hydrogen-bond acceptors (Lipinski definition) is 6. The monoisotopic (exact) mass is 613 g/mol. The third-order valence-electron chi connectivity index (χ3n) is 8.97. The molecule has 0 saturated carbocycles. The zero-order valence-electron chi connectivity index (χ0n) is 24.2. The Balaban J connectivity index is 1.58. The van der Waals surface area contributed by atoms with Crippen LogP contribution in [0.3, 0.4) is 0 Å². The number of halogens is 3. The number of aryl methyl sites for hydroxylation is 1. The van der Waals surface area contributed by atoms with Gasteiger partial charge in [-0.05, 0) is 51.1 Å². The molecule has 4 heterocycles. The number of rotatable bonds is 4. The van der Waals surface area contributed by atoms with Gasteiger partial charge in [-0.25, -0.2) is 13.6 Å². The maximum Gasteiger partial charge on any atom is 0.350 e. The van der Waals surface area contributed by atoms with Crippen LogP contribution in [0.1, 0.15) is 26.3 Å². The molecular formula is C31H34ClF2N5O2S. The van der Waals surface area contributed by atoms with Crippen molar-refractivity contribution >= 4 is 46.0 Å². The van der Waals surface area contributed by atoms with E-state index < -0.39 is 11.6 Å². The van der Waals surface area contributed by atoms with Gasteiger partial charge in [0.2, 0.25) is 5.91 Å². The Bertz CT molecular complexity index is 1690. The third kappa shape index (κ3) is 4.62. The summed E-state index contributed by atoms with van der Waals surface area (Å²) in [5.41, 5.74) is 1.84. The molecule has 0 radical (unpaired) electrons. The van der Waals surface area contributed by atoms with Gasteiger partial charge >= 0.3 is 5.69 Å². The van der Waals surface area contributed by atoms with E-state index in [1.807, 2.05) is 26.8 Å². The molecule has 3 aromatic rings. The van der Waals surface area contributed by atoms with Gasteiger partial charge < -0.3 is 14.7 Å². The first-order chi connectivity index (χ1) is 20.0. The Morgan fingerprint density at radius 2 is 1.90 bits per heavy atom. The summed E-state index contributed by atoms with van der Waals surface area (Å²) in [6.45, 7) is 15.8. The van der Waals surface area contributed by atoms with E-state index in [0.717, 1.165) is 47.3 Å². The lowest BCUT2D eigenvalue weighted by Gasteiger charge is -2.49. The highest BCUT2D eigenvalue weighted by Gasteiger charge is 2.45. The number of carbonyl (C=O) groups excluding carboxylic acids is 1. The molecule has 1 aromatic heterocycles. The number of piperazine rings is 1. The van der Waals surface area contributed by atoms with Gasteiger partial charge in [-0.15, -0.1) is 11.8 Å². The molecule has 0 N–H and O–H groups in total. The maximum absolute atomic E-state index is 15.4. The van der Waals surface area contributed by atoms with Crippen LogP contribution in [-0.4, -0.2) is 75.8 Å². The van der Waals surface area contributed by atoms with Crippen molar-refractivity contribution in [3.05, 3.63) is 63.6 Å². The second-order valence-corrected chi connectivity index (χ2v) is 13.4. The zero-order chi connectivity index (χ0) is 30.1. The average molecular weight is 614 g/mol. The van der Waals surface area contributed by atoms with Crippen molar-refractivity contribution < 1.29 is 13.6 Å². The van der Waals surface area contributed by atoms with E-state index in [0.29, 0.717) is 36.5 Å². The first kappa shape index (κ1) is 29.1. The molecule has 2 saturated heterocycles. The molecule has 0 unspecified atom stereocenters. The van der Waals surface area contributed by atoms with Gasteiger partial charge in [-0.3, -0.25) is 9.36 Å². The van der Waals surface area contributed by atoms with Gasteiger partial charge in [-0.1, -0.05) is 25.1 Å². The number of thioether (sulfide) groups is 1. The fourth-order valence-electron chi connectivity index (χ4n) is 6.85. The molecule has 222 valence electrons. The predicted molar refractivity (Wildman–Crippen MR) is 165 cm³/mol. The Morgan fingerprint density at radius 1 is 1.17 bits per heavy atom. The van der Waals surface area contributed by atoms with Crippen molar-refractivity contribution in [3.63, 3.8) is 0 Å². The number of hydrogen-bond donors (Lipinski definition) is 0. The summed E-state index contributed by atoms with van der Waals surface area (Å²) in [5, 5.41) is 0.645. The van der Waals surface area contributed by atoms with Crippen molar-refractivity contribution in [1.29, 1.82) is 0 Å². The van der Waals surface area contributed by atoms with E-state index in [2.05, 4.69) is 28.3 Å². The fourth-order valence-corrected chi connectivity index (χ4v) is 8.51. The van der Waals surface area contributed by atoms with Crippen LogP contribution in [0.2, 0.25) is 5.02 Å². The molecular weight excluding hydrogens is 580 g/mol. The standard InChI is InChI=1S/C31H34ClF2N5O2S/c1-6-25(40)37-11-19(5)38(12-18(37)4)29-21-8-17(3)26(20-9-22(32)24(34)10-23(20)33)28-27(21)39(30(41)35-29)15-31(16-42-28)13-36(7-2)14-31/h6,8-10,18-19H,1,7,11-16H2,2-5H3/t18-,19+/m1/s1. The molecule has 3 aliphatic rings. The quantitative estimate of drug-likeness (QED) is 0.292. The Kier molecular flexibility index (Phi) is 7.38. The second-order valence-electron chi connectivity index (χ2n) is 12.0. The van der Waals surface area contributed by atoms with Crippen molar-refractivity contribution in [2.75, 3.05) is 43.4 Å². The minimum Gasteiger partial charge on any atom is -0.349 e. The Morgan fingerprint density at radius 3 is 2.60 bits per heavy atom. The van der Waals surface area contributed by atoms with E-state index in [-0.39, 0.29) is 39.7 Å². The molecule has 2 fully saturated rings. The largest absolute Gasteiger partial charge is 0.350 e. The molecule has 7 nitrogen and oxygen atoms in total. The van der Waals surface area contributed by atoms with Gasteiger partial charge in [-0.2, -0.15) is 4.98 Å². The van der Waals surface area contributed by atoms with Gasteiger partial charge in [0, 0.05) is 83.5 Å². The highest BCUT2D eigenvalue weighted by molar-refractivity contribution is 7.99. The van der Waals surface area contributed by atoms with Crippen molar-refractivity contribution in [2.24, 2.45) is 5.41 Å².